The molecule has 5 nitrogen and oxygen atoms in total. The molecule has 0 atom stereocenters. The minimum absolute atomic E-state index is 0.00163. The van der Waals surface area contributed by atoms with Crippen molar-refractivity contribution >= 4 is 34.8 Å². The first kappa shape index (κ1) is 26.7. The summed E-state index contributed by atoms with van der Waals surface area (Å²) in [5, 5.41) is 1.44. The zero-order valence-electron chi connectivity index (χ0n) is 22.5. The highest BCUT2D eigenvalue weighted by molar-refractivity contribution is 6.31. The minimum atomic E-state index is -0.00163. The van der Waals surface area contributed by atoms with Gasteiger partial charge in [-0.1, -0.05) is 62.2 Å². The number of nitrogens with zero attached hydrogens (tertiary/aromatic N) is 4. The van der Waals surface area contributed by atoms with Crippen molar-refractivity contribution in [3.63, 3.8) is 0 Å². The van der Waals surface area contributed by atoms with Gasteiger partial charge in [-0.25, -0.2) is 4.98 Å². The molecule has 0 bridgehead atoms. The van der Waals surface area contributed by atoms with Gasteiger partial charge < -0.3 is 9.30 Å². The van der Waals surface area contributed by atoms with E-state index in [0.717, 1.165) is 77.0 Å². The molecule has 1 aliphatic rings. The summed E-state index contributed by atoms with van der Waals surface area (Å²) in [4.78, 5) is 22.2. The van der Waals surface area contributed by atoms with Crippen LogP contribution in [0.1, 0.15) is 38.4 Å². The van der Waals surface area contributed by atoms with Crippen molar-refractivity contribution in [3.05, 3.63) is 82.1 Å². The molecule has 1 aliphatic heterocycles. The Bertz CT molecular complexity index is 1460. The van der Waals surface area contributed by atoms with E-state index in [0.29, 0.717) is 11.4 Å². The Kier molecular flexibility index (Phi) is 7.54. The van der Waals surface area contributed by atoms with Crippen LogP contribution in [-0.4, -0.2) is 51.3 Å². The topological polar surface area (TPSA) is 40.9 Å². The van der Waals surface area contributed by atoms with E-state index in [1.807, 2.05) is 41.3 Å². The molecule has 0 N–H and O–H groups in total. The average Bonchev–Trinajstić information content (AvgIpc) is 3.21. The quantitative estimate of drug-likeness (QED) is 0.261. The second-order valence-electron chi connectivity index (χ2n) is 11.4. The molecule has 2 aromatic carbocycles. The number of aromatic nitrogens is 2. The van der Waals surface area contributed by atoms with Crippen LogP contribution in [0.3, 0.4) is 0 Å². The highest BCUT2D eigenvalue weighted by atomic mass is 35.5. The third-order valence-corrected chi connectivity index (χ3v) is 7.60. The number of imidazole rings is 1. The van der Waals surface area contributed by atoms with Crippen LogP contribution < -0.4 is 0 Å². The summed E-state index contributed by atoms with van der Waals surface area (Å²) in [5.74, 6) is 0.247. The third-order valence-electron chi connectivity index (χ3n) is 7.11. The third kappa shape index (κ3) is 5.90. The molecule has 0 unspecified atom stereocenters. The van der Waals surface area contributed by atoms with Crippen LogP contribution in [0.4, 0.5) is 0 Å². The molecule has 4 aromatic rings. The van der Waals surface area contributed by atoms with Gasteiger partial charge in [0.25, 0.3) is 0 Å². The number of rotatable bonds is 5. The maximum Gasteiger partial charge on any atom is 0.223 e. The number of benzene rings is 2. The molecule has 1 saturated heterocycles. The van der Waals surface area contributed by atoms with E-state index in [4.69, 9.17) is 28.2 Å². The Morgan fingerprint density at radius 1 is 0.895 bits per heavy atom. The van der Waals surface area contributed by atoms with Gasteiger partial charge in [0, 0.05) is 61.0 Å². The largest absolute Gasteiger partial charge is 0.340 e. The van der Waals surface area contributed by atoms with Crippen LogP contribution >= 0.6 is 23.2 Å². The lowest BCUT2D eigenvalue weighted by Crippen LogP contribution is -2.49. The van der Waals surface area contributed by atoms with Gasteiger partial charge in [0.15, 0.2) is 0 Å². The lowest BCUT2D eigenvalue weighted by Gasteiger charge is -2.36. The smallest absolute Gasteiger partial charge is 0.223 e. The van der Waals surface area contributed by atoms with E-state index < -0.39 is 0 Å². The molecule has 0 aliphatic carbocycles. The predicted molar refractivity (Wildman–Crippen MR) is 157 cm³/mol. The number of pyridine rings is 1. The van der Waals surface area contributed by atoms with Crippen molar-refractivity contribution in [3.8, 4) is 22.4 Å². The number of carbonyl (C=O) groups excluding carboxylic acids is 1. The van der Waals surface area contributed by atoms with Crippen molar-refractivity contribution in [2.75, 3.05) is 26.2 Å². The number of aryl methyl sites for hydroxylation is 1. The molecule has 7 heteroatoms. The Hall–Kier alpha value is -2.86. The molecule has 0 radical (unpaired) electrons. The standard InChI is InChI=1S/C31H34Cl2N4O/c1-21-17-25(33)10-11-26(21)23-7-12-28-34-30(22-5-8-24(32)9-6-22)27(37(28)19-23)20-35-13-15-36(16-14-35)29(38)18-31(2,3)4/h5-12,17,19H,13-16,18,20H2,1-4H3. The van der Waals surface area contributed by atoms with Gasteiger partial charge in [0.05, 0.1) is 11.4 Å². The molecule has 0 spiro atoms. The van der Waals surface area contributed by atoms with Crippen molar-refractivity contribution in [1.82, 2.24) is 19.2 Å². The van der Waals surface area contributed by atoms with Crippen LogP contribution in [0.2, 0.25) is 10.0 Å². The number of amides is 1. The van der Waals surface area contributed by atoms with E-state index in [2.05, 4.69) is 61.4 Å². The lowest BCUT2D eigenvalue weighted by atomic mass is 9.91. The lowest BCUT2D eigenvalue weighted by molar-refractivity contribution is -0.134. The highest BCUT2D eigenvalue weighted by Crippen LogP contribution is 2.31. The Morgan fingerprint density at radius 2 is 1.55 bits per heavy atom. The number of halogens is 2. The Morgan fingerprint density at radius 3 is 2.21 bits per heavy atom. The summed E-state index contributed by atoms with van der Waals surface area (Å²) < 4.78 is 2.21. The van der Waals surface area contributed by atoms with Crippen LogP contribution in [-0.2, 0) is 11.3 Å². The average molecular weight is 550 g/mol. The second kappa shape index (κ2) is 10.7. The van der Waals surface area contributed by atoms with Crippen LogP contribution in [0.15, 0.2) is 60.8 Å². The Labute approximate surface area is 235 Å². The van der Waals surface area contributed by atoms with E-state index >= 15 is 0 Å². The molecule has 5 rings (SSSR count). The van der Waals surface area contributed by atoms with Crippen molar-refractivity contribution in [1.29, 1.82) is 0 Å². The fourth-order valence-corrected chi connectivity index (χ4v) is 5.48. The number of fused-ring (bicyclic) bond motifs is 1. The summed E-state index contributed by atoms with van der Waals surface area (Å²) in [6, 6.07) is 18.1. The molecule has 1 amide bonds. The van der Waals surface area contributed by atoms with Crippen LogP contribution in [0.25, 0.3) is 28.0 Å². The summed E-state index contributed by atoms with van der Waals surface area (Å²) in [7, 11) is 0. The first-order valence-electron chi connectivity index (χ1n) is 13.1. The zero-order valence-corrected chi connectivity index (χ0v) is 24.0. The highest BCUT2D eigenvalue weighted by Gasteiger charge is 2.26. The second-order valence-corrected chi connectivity index (χ2v) is 12.3. The molecule has 198 valence electrons. The summed E-state index contributed by atoms with van der Waals surface area (Å²) in [6.07, 6.45) is 2.75. The number of hydrogen-bond donors (Lipinski definition) is 0. The predicted octanol–water partition coefficient (Wildman–Crippen LogP) is 7.36. The fourth-order valence-electron chi connectivity index (χ4n) is 5.13. The molecular formula is C31H34Cl2N4O. The molecule has 2 aromatic heterocycles. The van der Waals surface area contributed by atoms with Gasteiger partial charge in [-0.15, -0.1) is 0 Å². The number of piperazine rings is 1. The fraction of sp³-hybridized carbons (Fsp3) is 0.355. The van der Waals surface area contributed by atoms with Gasteiger partial charge in [0.2, 0.25) is 5.91 Å². The number of hydrogen-bond acceptors (Lipinski definition) is 3. The van der Waals surface area contributed by atoms with Crippen molar-refractivity contribution < 1.29 is 4.79 Å². The van der Waals surface area contributed by atoms with E-state index in [-0.39, 0.29) is 11.3 Å². The molecule has 0 saturated carbocycles. The Balaban J connectivity index is 1.47. The molecule has 38 heavy (non-hydrogen) atoms. The van der Waals surface area contributed by atoms with E-state index in [1.54, 1.807) is 0 Å². The summed E-state index contributed by atoms with van der Waals surface area (Å²) in [5.41, 5.74) is 7.42. The molecular weight excluding hydrogens is 515 g/mol. The SMILES string of the molecule is Cc1cc(Cl)ccc1-c1ccc2nc(-c3ccc(Cl)cc3)c(CN3CCN(C(=O)CC(C)(C)C)CC3)n2c1. The zero-order chi connectivity index (χ0) is 27.0. The monoisotopic (exact) mass is 548 g/mol. The maximum atomic E-state index is 12.8. The normalized spacial score (nSPS) is 14.8. The van der Waals surface area contributed by atoms with Gasteiger partial charge in [-0.3, -0.25) is 9.69 Å². The number of carbonyl (C=O) groups is 1. The van der Waals surface area contributed by atoms with Gasteiger partial charge in [0.1, 0.15) is 5.65 Å². The molecule has 3 heterocycles. The van der Waals surface area contributed by atoms with E-state index in [1.165, 1.54) is 0 Å². The minimum Gasteiger partial charge on any atom is -0.340 e. The first-order valence-corrected chi connectivity index (χ1v) is 13.9. The van der Waals surface area contributed by atoms with Gasteiger partial charge in [-0.2, -0.15) is 0 Å². The van der Waals surface area contributed by atoms with E-state index in [9.17, 15) is 4.79 Å². The molecule has 1 fully saturated rings. The van der Waals surface area contributed by atoms with Crippen LogP contribution in [0, 0.1) is 12.3 Å². The summed E-state index contributed by atoms with van der Waals surface area (Å²) in [6.45, 7) is 12.3. The van der Waals surface area contributed by atoms with Crippen LogP contribution in [0.5, 0.6) is 0 Å². The van der Waals surface area contributed by atoms with Crippen molar-refractivity contribution in [2.45, 2.75) is 40.7 Å². The maximum absolute atomic E-state index is 12.8. The summed E-state index contributed by atoms with van der Waals surface area (Å²) >= 11 is 12.4. The van der Waals surface area contributed by atoms with Gasteiger partial charge >= 0.3 is 0 Å². The van der Waals surface area contributed by atoms with Gasteiger partial charge in [-0.05, 0) is 65.4 Å². The van der Waals surface area contributed by atoms with Crippen molar-refractivity contribution in [2.24, 2.45) is 5.41 Å². The first-order chi connectivity index (χ1) is 18.1.